The van der Waals surface area contributed by atoms with Crippen molar-refractivity contribution in [2.45, 2.75) is 32.1 Å². The van der Waals surface area contributed by atoms with E-state index in [9.17, 15) is 0 Å². The van der Waals surface area contributed by atoms with Gasteiger partial charge < -0.3 is 0 Å². The number of nitrogens with zero attached hydrogens (tertiary/aromatic N) is 1. The van der Waals surface area contributed by atoms with Crippen molar-refractivity contribution in [1.82, 2.24) is 4.98 Å². The molecule has 0 bridgehead atoms. The highest BCUT2D eigenvalue weighted by atomic mass is 14.7. The minimum absolute atomic E-state index is 0.804. The zero-order chi connectivity index (χ0) is 12.8. The van der Waals surface area contributed by atoms with Gasteiger partial charge in [0.15, 0.2) is 0 Å². The summed E-state index contributed by atoms with van der Waals surface area (Å²) in [5, 5.41) is 0. The first kappa shape index (κ1) is 11.2. The van der Waals surface area contributed by atoms with Gasteiger partial charge in [-0.2, -0.15) is 0 Å². The number of pyridine rings is 1. The molecule has 0 aliphatic heterocycles. The number of aryl methyl sites for hydroxylation is 1. The Balaban J connectivity index is 1.59. The molecule has 0 radical (unpaired) electrons. The molecule has 3 atom stereocenters. The van der Waals surface area contributed by atoms with E-state index in [1.54, 1.807) is 0 Å². The van der Waals surface area contributed by atoms with Crippen molar-refractivity contribution >= 4 is 0 Å². The molecule has 2 fully saturated rings. The second-order valence-electron chi connectivity index (χ2n) is 6.19. The third-order valence-electron chi connectivity index (χ3n) is 5.08. The molecule has 3 unspecified atom stereocenters. The molecule has 0 spiro atoms. The van der Waals surface area contributed by atoms with Gasteiger partial charge in [-0.25, -0.2) is 0 Å². The van der Waals surface area contributed by atoms with E-state index in [1.807, 2.05) is 0 Å². The summed E-state index contributed by atoms with van der Waals surface area (Å²) in [5.41, 5.74) is 5.07. The van der Waals surface area contributed by atoms with Gasteiger partial charge in [-0.15, -0.1) is 0 Å². The SMILES string of the molecule is Cc1cccc(-c2ccc(C3CC4CCC43)cn2)c1. The summed E-state index contributed by atoms with van der Waals surface area (Å²) in [6, 6.07) is 13.1. The molecule has 4 rings (SSSR count). The van der Waals surface area contributed by atoms with Crippen molar-refractivity contribution in [1.29, 1.82) is 0 Å². The Morgan fingerprint density at radius 1 is 1.11 bits per heavy atom. The highest BCUT2D eigenvalue weighted by molar-refractivity contribution is 5.60. The Morgan fingerprint density at radius 3 is 2.63 bits per heavy atom. The van der Waals surface area contributed by atoms with Crippen molar-refractivity contribution in [3.05, 3.63) is 53.7 Å². The van der Waals surface area contributed by atoms with Gasteiger partial charge >= 0.3 is 0 Å². The molecular weight excluding hydrogens is 230 g/mol. The van der Waals surface area contributed by atoms with E-state index in [1.165, 1.54) is 36.0 Å². The van der Waals surface area contributed by atoms with Crippen LogP contribution in [0.2, 0.25) is 0 Å². The minimum Gasteiger partial charge on any atom is -0.256 e. The van der Waals surface area contributed by atoms with E-state index in [0.29, 0.717) is 0 Å². The van der Waals surface area contributed by atoms with Crippen LogP contribution in [0.5, 0.6) is 0 Å². The fraction of sp³-hybridized carbons (Fsp3) is 0.389. The summed E-state index contributed by atoms with van der Waals surface area (Å²) in [6.45, 7) is 2.13. The summed E-state index contributed by atoms with van der Waals surface area (Å²) >= 11 is 0. The lowest BCUT2D eigenvalue weighted by Gasteiger charge is -2.53. The van der Waals surface area contributed by atoms with Crippen LogP contribution in [0.4, 0.5) is 0 Å². The molecule has 1 heterocycles. The average molecular weight is 249 g/mol. The number of fused-ring (bicyclic) bond motifs is 1. The monoisotopic (exact) mass is 249 g/mol. The van der Waals surface area contributed by atoms with E-state index < -0.39 is 0 Å². The van der Waals surface area contributed by atoms with Crippen LogP contribution in [0, 0.1) is 18.8 Å². The van der Waals surface area contributed by atoms with Gasteiger partial charge in [-0.1, -0.05) is 29.8 Å². The van der Waals surface area contributed by atoms with Gasteiger partial charge in [0.05, 0.1) is 5.69 Å². The molecule has 2 aliphatic rings. The lowest BCUT2D eigenvalue weighted by atomic mass is 9.52. The molecular formula is C18H19N. The fourth-order valence-electron chi connectivity index (χ4n) is 3.71. The van der Waals surface area contributed by atoms with Crippen LogP contribution in [0.3, 0.4) is 0 Å². The minimum atomic E-state index is 0.804. The van der Waals surface area contributed by atoms with E-state index in [4.69, 9.17) is 0 Å². The maximum Gasteiger partial charge on any atom is 0.0702 e. The molecule has 1 nitrogen and oxygen atoms in total. The first-order valence-electron chi connectivity index (χ1n) is 7.34. The summed E-state index contributed by atoms with van der Waals surface area (Å²) in [7, 11) is 0. The van der Waals surface area contributed by atoms with Gasteiger partial charge in [-0.05, 0) is 61.6 Å². The number of aromatic nitrogens is 1. The molecule has 0 amide bonds. The van der Waals surface area contributed by atoms with Crippen LogP contribution in [-0.2, 0) is 0 Å². The predicted molar refractivity (Wildman–Crippen MR) is 78.0 cm³/mol. The summed E-state index contributed by atoms with van der Waals surface area (Å²) < 4.78 is 0. The molecule has 1 aromatic heterocycles. The second-order valence-corrected chi connectivity index (χ2v) is 6.19. The second kappa shape index (κ2) is 4.19. The Morgan fingerprint density at radius 2 is 2.05 bits per heavy atom. The summed E-state index contributed by atoms with van der Waals surface area (Å²) in [4.78, 5) is 4.68. The maximum absolute atomic E-state index is 4.68. The van der Waals surface area contributed by atoms with Crippen LogP contribution >= 0.6 is 0 Å². The van der Waals surface area contributed by atoms with Crippen LogP contribution in [-0.4, -0.2) is 4.98 Å². The van der Waals surface area contributed by atoms with Crippen LogP contribution < -0.4 is 0 Å². The fourth-order valence-corrected chi connectivity index (χ4v) is 3.71. The zero-order valence-electron chi connectivity index (χ0n) is 11.3. The number of rotatable bonds is 2. The molecule has 2 saturated carbocycles. The third-order valence-corrected chi connectivity index (χ3v) is 5.08. The van der Waals surface area contributed by atoms with Crippen molar-refractivity contribution in [3.63, 3.8) is 0 Å². The Labute approximate surface area is 114 Å². The van der Waals surface area contributed by atoms with Crippen molar-refractivity contribution in [3.8, 4) is 11.3 Å². The molecule has 1 aromatic carbocycles. The Kier molecular flexibility index (Phi) is 2.48. The molecule has 0 N–H and O–H groups in total. The van der Waals surface area contributed by atoms with E-state index in [0.717, 1.165) is 23.4 Å². The zero-order valence-corrected chi connectivity index (χ0v) is 11.3. The Hall–Kier alpha value is -1.63. The van der Waals surface area contributed by atoms with Gasteiger partial charge in [0.2, 0.25) is 0 Å². The standard InChI is InChI=1S/C18H19N/c1-12-3-2-4-14(9-12)18-8-6-15(11-19-18)17-10-13-5-7-16(13)17/h2-4,6,8-9,11,13,16-17H,5,7,10H2,1H3. The topological polar surface area (TPSA) is 12.9 Å². The van der Waals surface area contributed by atoms with Gasteiger partial charge in [0.1, 0.15) is 0 Å². The molecule has 0 saturated heterocycles. The first-order chi connectivity index (χ1) is 9.31. The van der Waals surface area contributed by atoms with E-state index >= 15 is 0 Å². The van der Waals surface area contributed by atoms with Crippen LogP contribution in [0.15, 0.2) is 42.6 Å². The smallest absolute Gasteiger partial charge is 0.0702 e. The molecule has 2 aliphatic carbocycles. The lowest BCUT2D eigenvalue weighted by molar-refractivity contribution is 0.0214. The van der Waals surface area contributed by atoms with Crippen LogP contribution in [0.1, 0.15) is 36.3 Å². The number of hydrogen-bond donors (Lipinski definition) is 0. The molecule has 96 valence electrons. The predicted octanol–water partition coefficient (Wildman–Crippen LogP) is 4.57. The normalized spacial score (nSPS) is 28.2. The molecule has 2 aromatic rings. The highest BCUT2D eigenvalue weighted by Crippen LogP contribution is 2.58. The van der Waals surface area contributed by atoms with Gasteiger partial charge in [0.25, 0.3) is 0 Å². The summed E-state index contributed by atoms with van der Waals surface area (Å²) in [5.74, 6) is 2.82. The van der Waals surface area contributed by atoms with Crippen LogP contribution in [0.25, 0.3) is 11.3 Å². The van der Waals surface area contributed by atoms with Crippen molar-refractivity contribution in [2.24, 2.45) is 11.8 Å². The summed E-state index contributed by atoms with van der Waals surface area (Å²) in [6.07, 6.45) is 6.41. The van der Waals surface area contributed by atoms with Gasteiger partial charge in [0, 0.05) is 11.8 Å². The Bertz CT molecular complexity index is 599. The largest absolute Gasteiger partial charge is 0.256 e. The molecule has 19 heavy (non-hydrogen) atoms. The van der Waals surface area contributed by atoms with Gasteiger partial charge in [-0.3, -0.25) is 4.98 Å². The van der Waals surface area contributed by atoms with E-state index in [-0.39, 0.29) is 0 Å². The highest BCUT2D eigenvalue weighted by Gasteiger charge is 2.47. The van der Waals surface area contributed by atoms with Crippen molar-refractivity contribution < 1.29 is 0 Å². The average Bonchev–Trinajstić information content (AvgIpc) is 2.42. The first-order valence-corrected chi connectivity index (χ1v) is 7.34. The number of hydrogen-bond acceptors (Lipinski definition) is 1. The van der Waals surface area contributed by atoms with Crippen molar-refractivity contribution in [2.75, 3.05) is 0 Å². The molecule has 1 heteroatoms. The third kappa shape index (κ3) is 1.80. The van der Waals surface area contributed by atoms with E-state index in [2.05, 4.69) is 54.5 Å². The lowest BCUT2D eigenvalue weighted by Crippen LogP contribution is -2.42. The maximum atomic E-state index is 4.68. The quantitative estimate of drug-likeness (QED) is 0.759. The number of benzene rings is 1.